The smallest absolute Gasteiger partial charge is 0.151 e. The van der Waals surface area contributed by atoms with Gasteiger partial charge in [-0.25, -0.2) is 0 Å². The first-order valence-corrected chi connectivity index (χ1v) is 4.71. The van der Waals surface area contributed by atoms with Crippen molar-refractivity contribution in [1.82, 2.24) is 10.2 Å². The Morgan fingerprint density at radius 3 is 3.25 bits per heavy atom. The van der Waals surface area contributed by atoms with E-state index in [4.69, 9.17) is 0 Å². The average Bonchev–Trinajstić information content (AvgIpc) is 2.62. The minimum absolute atomic E-state index is 1.03. The third-order valence-electron chi connectivity index (χ3n) is 2.35. The number of hydrogen-bond donors (Lipinski definition) is 2. The minimum atomic E-state index is 1.03. The zero-order chi connectivity index (χ0) is 8.39. The van der Waals surface area contributed by atoms with Crippen LogP contribution in [0, 0.1) is 0 Å². The summed E-state index contributed by atoms with van der Waals surface area (Å²) in [6.07, 6.45) is 4.81. The first kappa shape index (κ1) is 7.65. The van der Waals surface area contributed by atoms with Crippen molar-refractivity contribution in [2.75, 3.05) is 11.9 Å². The van der Waals surface area contributed by atoms with Gasteiger partial charge in [0.2, 0.25) is 0 Å². The first-order valence-electron chi connectivity index (χ1n) is 4.71. The molecule has 0 saturated heterocycles. The van der Waals surface area contributed by atoms with Gasteiger partial charge in [0.05, 0.1) is 0 Å². The highest BCUT2D eigenvalue weighted by Crippen LogP contribution is 2.25. The summed E-state index contributed by atoms with van der Waals surface area (Å²) in [4.78, 5) is 0. The number of aryl methyl sites for hydroxylation is 1. The van der Waals surface area contributed by atoms with E-state index >= 15 is 0 Å². The van der Waals surface area contributed by atoms with Crippen LogP contribution in [0.2, 0.25) is 0 Å². The van der Waals surface area contributed by atoms with Crippen molar-refractivity contribution in [2.45, 2.75) is 32.6 Å². The molecule has 0 bridgehead atoms. The zero-order valence-corrected chi connectivity index (χ0v) is 7.48. The van der Waals surface area contributed by atoms with E-state index in [0.29, 0.717) is 0 Å². The van der Waals surface area contributed by atoms with Crippen molar-refractivity contribution in [3.8, 4) is 0 Å². The maximum absolute atomic E-state index is 4.24. The lowest BCUT2D eigenvalue weighted by Gasteiger charge is -2.00. The Kier molecular flexibility index (Phi) is 2.02. The molecule has 3 heteroatoms. The molecule has 0 spiro atoms. The van der Waals surface area contributed by atoms with E-state index in [1.54, 1.807) is 0 Å². The lowest BCUT2D eigenvalue weighted by Crippen LogP contribution is -2.01. The third-order valence-corrected chi connectivity index (χ3v) is 2.35. The monoisotopic (exact) mass is 165 g/mol. The fraction of sp³-hybridized carbons (Fsp3) is 0.667. The Morgan fingerprint density at radius 2 is 2.42 bits per heavy atom. The lowest BCUT2D eigenvalue weighted by molar-refractivity contribution is 0.860. The van der Waals surface area contributed by atoms with Gasteiger partial charge in [-0.05, 0) is 25.7 Å². The van der Waals surface area contributed by atoms with Crippen molar-refractivity contribution in [3.05, 3.63) is 11.3 Å². The molecule has 0 saturated carbocycles. The van der Waals surface area contributed by atoms with Gasteiger partial charge in [-0.2, -0.15) is 5.10 Å². The van der Waals surface area contributed by atoms with Gasteiger partial charge in [-0.15, -0.1) is 0 Å². The van der Waals surface area contributed by atoms with E-state index in [0.717, 1.165) is 18.8 Å². The van der Waals surface area contributed by atoms with Crippen LogP contribution in [0.1, 0.15) is 31.0 Å². The van der Waals surface area contributed by atoms with Gasteiger partial charge >= 0.3 is 0 Å². The summed E-state index contributed by atoms with van der Waals surface area (Å²) in [6.45, 7) is 3.19. The molecule has 0 fully saturated rings. The van der Waals surface area contributed by atoms with Crippen molar-refractivity contribution in [1.29, 1.82) is 0 Å². The fourth-order valence-corrected chi connectivity index (χ4v) is 1.71. The summed E-state index contributed by atoms with van der Waals surface area (Å²) in [5, 5.41) is 10.7. The molecular formula is C9H15N3. The number of nitrogens with one attached hydrogen (secondary N) is 2. The Morgan fingerprint density at radius 1 is 1.50 bits per heavy atom. The minimum Gasteiger partial charge on any atom is -0.368 e. The molecule has 0 unspecified atom stereocenters. The molecule has 0 aliphatic heterocycles. The van der Waals surface area contributed by atoms with Crippen molar-refractivity contribution in [2.24, 2.45) is 0 Å². The molecule has 0 radical (unpaired) electrons. The summed E-state index contributed by atoms with van der Waals surface area (Å²) in [7, 11) is 0. The van der Waals surface area contributed by atoms with Crippen LogP contribution < -0.4 is 5.32 Å². The van der Waals surface area contributed by atoms with E-state index in [1.807, 2.05) is 0 Å². The summed E-state index contributed by atoms with van der Waals surface area (Å²) in [5.74, 6) is 1.09. The molecule has 12 heavy (non-hydrogen) atoms. The number of fused-ring (bicyclic) bond motifs is 1. The molecule has 1 aliphatic rings. The molecule has 2 N–H and O–H groups in total. The molecule has 0 atom stereocenters. The number of H-pyrrole nitrogens is 1. The van der Waals surface area contributed by atoms with Crippen LogP contribution in [0.25, 0.3) is 0 Å². The summed E-state index contributed by atoms with van der Waals surface area (Å²) in [5.41, 5.74) is 2.76. The van der Waals surface area contributed by atoms with Crippen LogP contribution in [0.5, 0.6) is 0 Å². The second kappa shape index (κ2) is 3.17. The van der Waals surface area contributed by atoms with E-state index < -0.39 is 0 Å². The topological polar surface area (TPSA) is 40.7 Å². The molecule has 0 aromatic carbocycles. The molecular weight excluding hydrogens is 150 g/mol. The van der Waals surface area contributed by atoms with Gasteiger partial charge in [0, 0.05) is 17.8 Å². The Balaban J connectivity index is 2.11. The van der Waals surface area contributed by atoms with E-state index in [1.165, 1.54) is 30.5 Å². The lowest BCUT2D eigenvalue weighted by atomic mass is 10.2. The molecule has 0 amide bonds. The number of hydrogen-bond acceptors (Lipinski definition) is 2. The van der Waals surface area contributed by atoms with Crippen molar-refractivity contribution in [3.63, 3.8) is 0 Å². The quantitative estimate of drug-likeness (QED) is 0.716. The summed E-state index contributed by atoms with van der Waals surface area (Å²) in [6, 6.07) is 0. The summed E-state index contributed by atoms with van der Waals surface area (Å²) >= 11 is 0. The largest absolute Gasteiger partial charge is 0.368 e. The fourth-order valence-electron chi connectivity index (χ4n) is 1.71. The predicted octanol–water partition coefficient (Wildman–Crippen LogP) is 1.72. The zero-order valence-electron chi connectivity index (χ0n) is 7.48. The molecule has 1 heterocycles. The third kappa shape index (κ3) is 1.19. The van der Waals surface area contributed by atoms with Gasteiger partial charge in [-0.3, -0.25) is 5.10 Å². The highest BCUT2D eigenvalue weighted by atomic mass is 15.2. The first-order chi connectivity index (χ1) is 5.92. The number of aromatic nitrogens is 2. The number of anilines is 1. The standard InChI is InChI=1S/C9H15N3/c1-2-6-10-9-7-4-3-5-8(7)11-12-9/h2-6H2,1H3,(H2,10,11,12). The highest BCUT2D eigenvalue weighted by Gasteiger charge is 2.17. The molecule has 2 rings (SSSR count). The average molecular weight is 165 g/mol. The predicted molar refractivity (Wildman–Crippen MR) is 49.4 cm³/mol. The maximum Gasteiger partial charge on any atom is 0.151 e. The van der Waals surface area contributed by atoms with E-state index in [-0.39, 0.29) is 0 Å². The Hall–Kier alpha value is -0.990. The number of nitrogens with zero attached hydrogens (tertiary/aromatic N) is 1. The molecule has 1 aromatic rings. The van der Waals surface area contributed by atoms with Crippen LogP contribution in [-0.4, -0.2) is 16.7 Å². The number of rotatable bonds is 3. The van der Waals surface area contributed by atoms with Crippen LogP contribution in [0.15, 0.2) is 0 Å². The van der Waals surface area contributed by atoms with E-state index in [9.17, 15) is 0 Å². The van der Waals surface area contributed by atoms with Crippen LogP contribution in [-0.2, 0) is 12.8 Å². The van der Waals surface area contributed by atoms with Gasteiger partial charge in [0.1, 0.15) is 0 Å². The Labute approximate surface area is 72.6 Å². The SMILES string of the molecule is CCCNc1n[nH]c2c1CCC2. The highest BCUT2D eigenvalue weighted by molar-refractivity contribution is 5.48. The Bertz CT molecular complexity index is 265. The maximum atomic E-state index is 4.24. The molecule has 1 aromatic heterocycles. The van der Waals surface area contributed by atoms with Crippen LogP contribution >= 0.6 is 0 Å². The normalized spacial score (nSPS) is 14.8. The second-order valence-corrected chi connectivity index (χ2v) is 3.31. The van der Waals surface area contributed by atoms with E-state index in [2.05, 4.69) is 22.4 Å². The van der Waals surface area contributed by atoms with Gasteiger partial charge in [-0.1, -0.05) is 6.92 Å². The van der Waals surface area contributed by atoms with Gasteiger partial charge < -0.3 is 5.32 Å². The molecule has 1 aliphatic carbocycles. The van der Waals surface area contributed by atoms with Crippen LogP contribution in [0.3, 0.4) is 0 Å². The number of aromatic amines is 1. The molecule has 66 valence electrons. The van der Waals surface area contributed by atoms with Crippen LogP contribution in [0.4, 0.5) is 5.82 Å². The van der Waals surface area contributed by atoms with Crippen molar-refractivity contribution >= 4 is 5.82 Å². The van der Waals surface area contributed by atoms with Gasteiger partial charge in [0.15, 0.2) is 5.82 Å². The summed E-state index contributed by atoms with van der Waals surface area (Å²) < 4.78 is 0. The molecule has 3 nitrogen and oxygen atoms in total. The van der Waals surface area contributed by atoms with Crippen molar-refractivity contribution < 1.29 is 0 Å². The van der Waals surface area contributed by atoms with Gasteiger partial charge in [0.25, 0.3) is 0 Å². The second-order valence-electron chi connectivity index (χ2n) is 3.31.